The van der Waals surface area contributed by atoms with Gasteiger partial charge in [-0.2, -0.15) is 0 Å². The van der Waals surface area contributed by atoms with Crippen molar-refractivity contribution in [2.24, 2.45) is 0 Å². The van der Waals surface area contributed by atoms with Crippen LogP contribution in [0.1, 0.15) is 5.56 Å². The third kappa shape index (κ3) is 4.43. The van der Waals surface area contributed by atoms with Crippen LogP contribution in [-0.2, 0) is 11.2 Å². The van der Waals surface area contributed by atoms with Crippen molar-refractivity contribution in [2.75, 3.05) is 10.6 Å². The first-order valence-electron chi connectivity index (χ1n) is 7.52. The Hall–Kier alpha value is -2.66. The molecule has 0 aliphatic rings. The average molecular weight is 382 g/mol. The molecule has 0 aliphatic heterocycles. The Kier molecular flexibility index (Phi) is 5.23. The summed E-state index contributed by atoms with van der Waals surface area (Å²) in [4.78, 5) is 16.4. The molecular formula is C19H16BrN3O. The predicted molar refractivity (Wildman–Crippen MR) is 100 cm³/mol. The summed E-state index contributed by atoms with van der Waals surface area (Å²) in [6.07, 6.45) is 1.99. The lowest BCUT2D eigenvalue weighted by atomic mass is 10.1. The molecule has 120 valence electrons. The molecule has 1 amide bonds. The number of amides is 1. The van der Waals surface area contributed by atoms with Crippen LogP contribution in [0.5, 0.6) is 0 Å². The number of carbonyl (C=O) groups is 1. The van der Waals surface area contributed by atoms with Gasteiger partial charge in [-0.15, -0.1) is 0 Å². The molecule has 0 fully saturated rings. The third-order valence-electron chi connectivity index (χ3n) is 3.40. The summed E-state index contributed by atoms with van der Waals surface area (Å²) in [5.41, 5.74) is 2.80. The predicted octanol–water partition coefficient (Wildman–Crippen LogP) is 4.77. The van der Waals surface area contributed by atoms with Crippen LogP contribution in [0.25, 0.3) is 0 Å². The second-order valence-electron chi connectivity index (χ2n) is 5.24. The number of halogens is 1. The first-order chi connectivity index (χ1) is 11.7. The summed E-state index contributed by atoms with van der Waals surface area (Å²) in [7, 11) is 0. The van der Waals surface area contributed by atoms with Crippen LogP contribution in [0.4, 0.5) is 17.2 Å². The third-order valence-corrected chi connectivity index (χ3v) is 4.18. The number of rotatable bonds is 5. The van der Waals surface area contributed by atoms with Crippen LogP contribution in [0.15, 0.2) is 77.4 Å². The Balaban J connectivity index is 1.60. The minimum atomic E-state index is -0.0989. The van der Waals surface area contributed by atoms with Crippen LogP contribution < -0.4 is 10.6 Å². The van der Waals surface area contributed by atoms with Crippen molar-refractivity contribution in [3.05, 3.63) is 83.0 Å². The van der Waals surface area contributed by atoms with E-state index in [0.717, 1.165) is 21.4 Å². The molecule has 0 bridgehead atoms. The van der Waals surface area contributed by atoms with E-state index < -0.39 is 0 Å². The summed E-state index contributed by atoms with van der Waals surface area (Å²) in [5, 5.41) is 6.06. The summed E-state index contributed by atoms with van der Waals surface area (Å²) < 4.78 is 0.926. The van der Waals surface area contributed by atoms with Gasteiger partial charge in [-0.25, -0.2) is 4.98 Å². The van der Waals surface area contributed by atoms with E-state index in [1.54, 1.807) is 12.3 Å². The Morgan fingerprint density at radius 2 is 1.67 bits per heavy atom. The van der Waals surface area contributed by atoms with Gasteiger partial charge in [0.15, 0.2) is 0 Å². The van der Waals surface area contributed by atoms with Crippen LogP contribution in [0.3, 0.4) is 0 Å². The molecule has 24 heavy (non-hydrogen) atoms. The number of para-hydroxylation sites is 1. The first-order valence-corrected chi connectivity index (χ1v) is 8.31. The van der Waals surface area contributed by atoms with Gasteiger partial charge >= 0.3 is 0 Å². The molecule has 4 nitrogen and oxygen atoms in total. The SMILES string of the molecule is O=C(Cc1ccccc1Br)Nc1ccc(Nc2ccccc2)cn1. The highest BCUT2D eigenvalue weighted by molar-refractivity contribution is 9.10. The average Bonchev–Trinajstić information content (AvgIpc) is 2.60. The van der Waals surface area contributed by atoms with Gasteiger partial charge in [0.05, 0.1) is 18.3 Å². The Morgan fingerprint density at radius 3 is 2.38 bits per heavy atom. The van der Waals surface area contributed by atoms with Crippen molar-refractivity contribution in [3.63, 3.8) is 0 Å². The van der Waals surface area contributed by atoms with E-state index >= 15 is 0 Å². The summed E-state index contributed by atoms with van der Waals surface area (Å²) in [5.74, 6) is 0.434. The normalized spacial score (nSPS) is 10.2. The quantitative estimate of drug-likeness (QED) is 0.669. The van der Waals surface area contributed by atoms with Crippen LogP contribution >= 0.6 is 15.9 Å². The molecule has 0 atom stereocenters. The van der Waals surface area contributed by atoms with Crippen molar-refractivity contribution in [1.82, 2.24) is 4.98 Å². The fourth-order valence-electron chi connectivity index (χ4n) is 2.23. The number of nitrogens with zero attached hydrogens (tertiary/aromatic N) is 1. The molecule has 0 unspecified atom stereocenters. The lowest BCUT2D eigenvalue weighted by molar-refractivity contribution is -0.115. The molecule has 2 N–H and O–H groups in total. The number of carbonyl (C=O) groups excluding carboxylic acids is 1. The van der Waals surface area contributed by atoms with Crippen molar-refractivity contribution in [3.8, 4) is 0 Å². The molecule has 3 rings (SSSR count). The lowest BCUT2D eigenvalue weighted by Crippen LogP contribution is -2.15. The topological polar surface area (TPSA) is 54.0 Å². The van der Waals surface area contributed by atoms with Gasteiger partial charge in [0.25, 0.3) is 0 Å². The monoisotopic (exact) mass is 381 g/mol. The van der Waals surface area contributed by atoms with Crippen LogP contribution in [-0.4, -0.2) is 10.9 Å². The van der Waals surface area contributed by atoms with Gasteiger partial charge in [0.1, 0.15) is 5.82 Å². The minimum Gasteiger partial charge on any atom is -0.354 e. The van der Waals surface area contributed by atoms with Gasteiger partial charge in [-0.3, -0.25) is 4.79 Å². The van der Waals surface area contributed by atoms with Gasteiger partial charge in [0.2, 0.25) is 5.91 Å². The highest BCUT2D eigenvalue weighted by atomic mass is 79.9. The molecule has 3 aromatic rings. The van der Waals surface area contributed by atoms with Gasteiger partial charge in [-0.05, 0) is 35.9 Å². The number of anilines is 3. The number of hydrogen-bond acceptors (Lipinski definition) is 3. The fourth-order valence-corrected chi connectivity index (χ4v) is 2.66. The molecular weight excluding hydrogens is 366 g/mol. The highest BCUT2D eigenvalue weighted by Crippen LogP contribution is 2.18. The number of pyridine rings is 1. The van der Waals surface area contributed by atoms with Crippen molar-refractivity contribution >= 4 is 39.0 Å². The zero-order chi connectivity index (χ0) is 16.8. The summed E-state index contributed by atoms with van der Waals surface area (Å²) in [6, 6.07) is 21.2. The van der Waals surface area contributed by atoms with E-state index in [9.17, 15) is 4.79 Å². The van der Waals surface area contributed by atoms with Crippen molar-refractivity contribution in [2.45, 2.75) is 6.42 Å². The second kappa shape index (κ2) is 7.75. The highest BCUT2D eigenvalue weighted by Gasteiger charge is 2.07. The zero-order valence-electron chi connectivity index (χ0n) is 12.9. The molecule has 0 saturated carbocycles. The Labute approximate surface area is 149 Å². The first kappa shape index (κ1) is 16.2. The maximum Gasteiger partial charge on any atom is 0.229 e. The van der Waals surface area contributed by atoms with E-state index in [0.29, 0.717) is 12.2 Å². The van der Waals surface area contributed by atoms with Gasteiger partial charge < -0.3 is 10.6 Å². The lowest BCUT2D eigenvalue weighted by Gasteiger charge is -2.08. The van der Waals surface area contributed by atoms with Crippen LogP contribution in [0, 0.1) is 0 Å². The molecule has 0 aliphatic carbocycles. The Morgan fingerprint density at radius 1 is 0.917 bits per heavy atom. The van der Waals surface area contributed by atoms with Gasteiger partial charge in [-0.1, -0.05) is 52.3 Å². The van der Waals surface area contributed by atoms with E-state index in [4.69, 9.17) is 0 Å². The minimum absolute atomic E-state index is 0.0989. The zero-order valence-corrected chi connectivity index (χ0v) is 14.5. The van der Waals surface area contributed by atoms with Crippen LogP contribution in [0.2, 0.25) is 0 Å². The van der Waals surface area contributed by atoms with E-state index in [1.165, 1.54) is 0 Å². The maximum atomic E-state index is 12.1. The van der Waals surface area contributed by atoms with Crippen molar-refractivity contribution in [1.29, 1.82) is 0 Å². The molecule has 1 aromatic heterocycles. The molecule has 2 aromatic carbocycles. The maximum absolute atomic E-state index is 12.1. The number of hydrogen-bond donors (Lipinski definition) is 2. The number of benzene rings is 2. The number of aromatic nitrogens is 1. The molecule has 0 spiro atoms. The van der Waals surface area contributed by atoms with Gasteiger partial charge in [0, 0.05) is 10.2 Å². The smallest absolute Gasteiger partial charge is 0.229 e. The Bertz CT molecular complexity index is 820. The van der Waals surface area contributed by atoms with Crippen molar-refractivity contribution < 1.29 is 4.79 Å². The largest absolute Gasteiger partial charge is 0.354 e. The molecule has 5 heteroatoms. The summed E-state index contributed by atoms with van der Waals surface area (Å²) >= 11 is 3.45. The molecule has 1 heterocycles. The standard InChI is InChI=1S/C19H16BrN3O/c20-17-9-5-4-6-14(17)12-19(24)23-18-11-10-16(13-21-18)22-15-7-2-1-3-8-15/h1-11,13,22H,12H2,(H,21,23,24). The fraction of sp³-hybridized carbons (Fsp3) is 0.0526. The second-order valence-corrected chi connectivity index (χ2v) is 6.09. The van der Waals surface area contributed by atoms with E-state index in [2.05, 4.69) is 31.5 Å². The van der Waals surface area contributed by atoms with E-state index in [1.807, 2.05) is 60.7 Å². The number of nitrogens with one attached hydrogen (secondary N) is 2. The van der Waals surface area contributed by atoms with E-state index in [-0.39, 0.29) is 5.91 Å². The summed E-state index contributed by atoms with van der Waals surface area (Å²) in [6.45, 7) is 0. The molecule has 0 radical (unpaired) electrons. The molecule has 0 saturated heterocycles.